The largest absolute Gasteiger partial charge is 0.487 e. The van der Waals surface area contributed by atoms with Crippen LogP contribution in [-0.2, 0) is 24.9 Å². The van der Waals surface area contributed by atoms with E-state index in [1.807, 2.05) is 32.2 Å². The Bertz CT molecular complexity index is 1590. The van der Waals surface area contributed by atoms with Crippen molar-refractivity contribution in [1.82, 2.24) is 24.9 Å². The van der Waals surface area contributed by atoms with Gasteiger partial charge in [0.05, 0.1) is 17.6 Å². The predicted molar refractivity (Wildman–Crippen MR) is 149 cm³/mol. The summed E-state index contributed by atoms with van der Waals surface area (Å²) in [5.41, 5.74) is 7.40. The highest BCUT2D eigenvalue weighted by Gasteiger charge is 2.27. The molecule has 2 aromatic carbocycles. The van der Waals surface area contributed by atoms with Gasteiger partial charge >= 0.3 is 5.97 Å². The van der Waals surface area contributed by atoms with Gasteiger partial charge in [-0.15, -0.1) is 5.10 Å². The molecule has 0 radical (unpaired) electrons. The van der Waals surface area contributed by atoms with Gasteiger partial charge < -0.3 is 14.8 Å². The summed E-state index contributed by atoms with van der Waals surface area (Å²) in [4.78, 5) is 29.3. The highest BCUT2D eigenvalue weighted by Crippen LogP contribution is 2.35. The molecule has 3 heterocycles. The molecular weight excluding hydrogens is 494 g/mol. The van der Waals surface area contributed by atoms with Crippen molar-refractivity contribution in [3.05, 3.63) is 86.3 Å². The zero-order chi connectivity index (χ0) is 27.8. The van der Waals surface area contributed by atoms with E-state index in [-0.39, 0.29) is 29.9 Å². The molecule has 1 unspecified atom stereocenters. The molecule has 0 spiro atoms. The van der Waals surface area contributed by atoms with Gasteiger partial charge in [0.15, 0.2) is 0 Å². The summed E-state index contributed by atoms with van der Waals surface area (Å²) in [5, 5.41) is 18.3. The SMILES string of the molecule is Cc1ccc(C(CC(=O)O)c2ccc3c(nnn3C)c2C)cc1CN1Cc2[nH]c(=O)ccc2O[C@H](C(C)C)C1. The van der Waals surface area contributed by atoms with E-state index in [0.717, 1.165) is 50.3 Å². The smallest absolute Gasteiger partial charge is 0.304 e. The van der Waals surface area contributed by atoms with Crippen molar-refractivity contribution >= 4 is 17.0 Å². The van der Waals surface area contributed by atoms with Crippen LogP contribution in [0.5, 0.6) is 5.75 Å². The number of benzene rings is 2. The number of rotatable bonds is 7. The number of aryl methyl sites for hydroxylation is 3. The van der Waals surface area contributed by atoms with Gasteiger partial charge in [-0.3, -0.25) is 14.5 Å². The first kappa shape index (κ1) is 26.6. The molecule has 9 nitrogen and oxygen atoms in total. The molecule has 2 atom stereocenters. The molecule has 2 aromatic heterocycles. The molecule has 0 aliphatic carbocycles. The van der Waals surface area contributed by atoms with E-state index in [0.29, 0.717) is 19.6 Å². The molecule has 39 heavy (non-hydrogen) atoms. The van der Waals surface area contributed by atoms with Crippen LogP contribution < -0.4 is 10.3 Å². The van der Waals surface area contributed by atoms with E-state index in [1.54, 1.807) is 10.7 Å². The molecule has 204 valence electrons. The zero-order valence-corrected chi connectivity index (χ0v) is 23.1. The number of H-pyrrole nitrogens is 1. The van der Waals surface area contributed by atoms with Crippen molar-refractivity contribution in [2.45, 2.75) is 59.2 Å². The molecule has 0 saturated carbocycles. The van der Waals surface area contributed by atoms with Gasteiger partial charge in [0.1, 0.15) is 17.4 Å². The lowest BCUT2D eigenvalue weighted by atomic mass is 9.84. The Balaban J connectivity index is 1.51. The van der Waals surface area contributed by atoms with Gasteiger partial charge in [-0.2, -0.15) is 0 Å². The Kier molecular flexibility index (Phi) is 7.27. The number of carbonyl (C=O) groups is 1. The lowest BCUT2D eigenvalue weighted by molar-refractivity contribution is -0.137. The van der Waals surface area contributed by atoms with Crippen molar-refractivity contribution in [3.63, 3.8) is 0 Å². The summed E-state index contributed by atoms with van der Waals surface area (Å²) >= 11 is 0. The number of nitrogens with one attached hydrogen (secondary N) is 1. The van der Waals surface area contributed by atoms with Crippen LogP contribution in [0.4, 0.5) is 0 Å². The fraction of sp³-hybridized carbons (Fsp3) is 0.400. The molecule has 0 fully saturated rings. The van der Waals surface area contributed by atoms with Crippen molar-refractivity contribution in [3.8, 4) is 5.75 Å². The summed E-state index contributed by atoms with van der Waals surface area (Å²) in [6, 6.07) is 13.5. The monoisotopic (exact) mass is 529 g/mol. The van der Waals surface area contributed by atoms with Crippen LogP contribution >= 0.6 is 0 Å². The Labute approximate surface area is 227 Å². The van der Waals surface area contributed by atoms with Crippen LogP contribution in [-0.4, -0.2) is 48.6 Å². The van der Waals surface area contributed by atoms with E-state index in [2.05, 4.69) is 53.1 Å². The lowest BCUT2D eigenvalue weighted by Gasteiger charge is -2.27. The second-order valence-electron chi connectivity index (χ2n) is 10.9. The summed E-state index contributed by atoms with van der Waals surface area (Å²) in [5.74, 6) is -0.179. The van der Waals surface area contributed by atoms with Gasteiger partial charge in [-0.1, -0.05) is 43.3 Å². The number of aromatic amines is 1. The average Bonchev–Trinajstić information content (AvgIpc) is 3.16. The molecule has 1 aliphatic rings. The number of nitrogens with zero attached hydrogens (tertiary/aromatic N) is 4. The van der Waals surface area contributed by atoms with Gasteiger partial charge in [-0.25, -0.2) is 4.68 Å². The molecule has 0 bridgehead atoms. The Hall–Kier alpha value is -3.98. The maximum atomic E-state index is 12.1. The van der Waals surface area contributed by atoms with Crippen LogP contribution in [0.1, 0.15) is 59.7 Å². The Morgan fingerprint density at radius 1 is 1.18 bits per heavy atom. The molecule has 0 amide bonds. The van der Waals surface area contributed by atoms with Crippen molar-refractivity contribution in [2.24, 2.45) is 13.0 Å². The highest BCUT2D eigenvalue weighted by atomic mass is 16.5. The number of aliphatic carboxylic acids is 1. The molecule has 0 saturated heterocycles. The third-order valence-electron chi connectivity index (χ3n) is 7.80. The van der Waals surface area contributed by atoms with E-state index < -0.39 is 5.97 Å². The van der Waals surface area contributed by atoms with E-state index in [4.69, 9.17) is 4.74 Å². The number of carboxylic acid groups (broad SMARTS) is 1. The minimum atomic E-state index is -0.856. The summed E-state index contributed by atoms with van der Waals surface area (Å²) in [6.45, 7) is 10.2. The van der Waals surface area contributed by atoms with E-state index in [9.17, 15) is 14.7 Å². The van der Waals surface area contributed by atoms with Crippen LogP contribution in [0.2, 0.25) is 0 Å². The van der Waals surface area contributed by atoms with Crippen LogP contribution in [0.3, 0.4) is 0 Å². The minimum absolute atomic E-state index is 0.0261. The van der Waals surface area contributed by atoms with E-state index in [1.165, 1.54) is 6.07 Å². The van der Waals surface area contributed by atoms with Crippen LogP contribution in [0.15, 0.2) is 47.3 Å². The number of ether oxygens (including phenoxy) is 1. The Morgan fingerprint density at radius 2 is 1.97 bits per heavy atom. The average molecular weight is 530 g/mol. The number of aromatic nitrogens is 4. The quantitative estimate of drug-likeness (QED) is 0.367. The number of carboxylic acids is 1. The predicted octanol–water partition coefficient (Wildman–Crippen LogP) is 4.30. The topological polar surface area (TPSA) is 113 Å². The first-order chi connectivity index (χ1) is 18.6. The summed E-state index contributed by atoms with van der Waals surface area (Å²) in [7, 11) is 1.85. The van der Waals surface area contributed by atoms with Gasteiger partial charge in [0, 0.05) is 38.7 Å². The van der Waals surface area contributed by atoms with Crippen LogP contribution in [0.25, 0.3) is 11.0 Å². The van der Waals surface area contributed by atoms with Gasteiger partial charge in [0.2, 0.25) is 5.56 Å². The second kappa shape index (κ2) is 10.6. The molecular formula is C30H35N5O4. The van der Waals surface area contributed by atoms with Crippen molar-refractivity contribution < 1.29 is 14.6 Å². The molecule has 2 N–H and O–H groups in total. The van der Waals surface area contributed by atoms with Gasteiger partial charge in [-0.05, 0) is 59.7 Å². The second-order valence-corrected chi connectivity index (χ2v) is 10.9. The number of hydrogen-bond acceptors (Lipinski definition) is 6. The maximum absolute atomic E-state index is 12.1. The summed E-state index contributed by atoms with van der Waals surface area (Å²) < 4.78 is 8.02. The number of hydrogen-bond donors (Lipinski definition) is 2. The number of pyridine rings is 1. The first-order valence-corrected chi connectivity index (χ1v) is 13.3. The minimum Gasteiger partial charge on any atom is -0.487 e. The number of fused-ring (bicyclic) bond motifs is 2. The standard InChI is InChI=1S/C30H35N5O4/c1-17(2)27-16-35(15-24-26(39-27)10-11-28(36)31-24)14-21-12-20(7-6-18(21)3)23(13-29(37)38)22-8-9-25-30(19(22)4)32-33-34(25)5/h6-12,17,23,27H,13-16H2,1-5H3,(H,31,36)(H,37,38)/t23?,27-/m0/s1. The summed E-state index contributed by atoms with van der Waals surface area (Å²) in [6.07, 6.45) is -0.0572. The van der Waals surface area contributed by atoms with Crippen molar-refractivity contribution in [1.29, 1.82) is 0 Å². The lowest BCUT2D eigenvalue weighted by Crippen LogP contribution is -2.36. The fourth-order valence-electron chi connectivity index (χ4n) is 5.47. The molecule has 5 rings (SSSR count). The normalized spacial score (nSPS) is 16.6. The van der Waals surface area contributed by atoms with E-state index >= 15 is 0 Å². The third-order valence-corrected chi connectivity index (χ3v) is 7.80. The van der Waals surface area contributed by atoms with Gasteiger partial charge in [0.25, 0.3) is 0 Å². The third kappa shape index (κ3) is 5.45. The fourth-order valence-corrected chi connectivity index (χ4v) is 5.47. The maximum Gasteiger partial charge on any atom is 0.304 e. The Morgan fingerprint density at radius 3 is 2.72 bits per heavy atom. The molecule has 1 aliphatic heterocycles. The molecule has 9 heteroatoms. The zero-order valence-electron chi connectivity index (χ0n) is 23.1. The van der Waals surface area contributed by atoms with Crippen molar-refractivity contribution in [2.75, 3.05) is 6.54 Å². The highest BCUT2D eigenvalue weighted by molar-refractivity contribution is 5.80. The molecule has 4 aromatic rings. The first-order valence-electron chi connectivity index (χ1n) is 13.3. The van der Waals surface area contributed by atoms with Crippen LogP contribution in [0, 0.1) is 19.8 Å².